The quantitative estimate of drug-likeness (QED) is 0.863. The van der Waals surface area contributed by atoms with Crippen LogP contribution < -0.4 is 5.73 Å². The molecule has 0 saturated carbocycles. The fourth-order valence-electron chi connectivity index (χ4n) is 1.51. The molecule has 3 nitrogen and oxygen atoms in total. The van der Waals surface area contributed by atoms with Crippen LogP contribution in [-0.2, 0) is 0 Å². The lowest BCUT2D eigenvalue weighted by molar-refractivity contribution is 1.12. The Hall–Kier alpha value is -1.03. The van der Waals surface area contributed by atoms with Gasteiger partial charge in [-0.15, -0.1) is 0 Å². The van der Waals surface area contributed by atoms with E-state index in [0.717, 1.165) is 5.69 Å². The number of hydrogen-bond donors (Lipinski definition) is 1. The van der Waals surface area contributed by atoms with Gasteiger partial charge in [-0.1, -0.05) is 34.8 Å². The fraction of sp³-hybridized carbons (Fsp3) is 0.0909. The molecule has 2 N–H and O–H groups in total. The van der Waals surface area contributed by atoms with E-state index in [1.807, 2.05) is 6.92 Å². The largest absolute Gasteiger partial charge is 0.368 e. The molecule has 0 aliphatic carbocycles. The van der Waals surface area contributed by atoms with E-state index in [2.05, 4.69) is 9.97 Å². The third-order valence-corrected chi connectivity index (χ3v) is 2.95. The molecule has 2 aromatic rings. The first-order chi connectivity index (χ1) is 7.97. The predicted molar refractivity (Wildman–Crippen MR) is 71.6 cm³/mol. The summed E-state index contributed by atoms with van der Waals surface area (Å²) in [7, 11) is 0. The second kappa shape index (κ2) is 4.69. The van der Waals surface area contributed by atoms with E-state index >= 15 is 0 Å². The number of hydrogen-bond acceptors (Lipinski definition) is 3. The minimum atomic E-state index is 0.182. The molecular formula is C11H8Cl3N3. The van der Waals surface area contributed by atoms with E-state index in [-0.39, 0.29) is 5.95 Å². The molecule has 2 rings (SSSR count). The summed E-state index contributed by atoms with van der Waals surface area (Å²) < 4.78 is 0. The molecular weight excluding hydrogens is 281 g/mol. The maximum Gasteiger partial charge on any atom is 0.220 e. The van der Waals surface area contributed by atoms with Crippen molar-refractivity contribution >= 4 is 40.8 Å². The lowest BCUT2D eigenvalue weighted by Crippen LogP contribution is -1.98. The number of aromatic nitrogens is 2. The van der Waals surface area contributed by atoms with Crippen molar-refractivity contribution in [2.45, 2.75) is 6.92 Å². The number of nitrogens with zero attached hydrogens (tertiary/aromatic N) is 2. The highest BCUT2D eigenvalue weighted by Crippen LogP contribution is 2.36. The van der Waals surface area contributed by atoms with Crippen molar-refractivity contribution in [3.63, 3.8) is 0 Å². The monoisotopic (exact) mass is 287 g/mol. The van der Waals surface area contributed by atoms with Crippen molar-refractivity contribution in [2.24, 2.45) is 0 Å². The number of nitrogen functional groups attached to an aromatic ring is 1. The van der Waals surface area contributed by atoms with Crippen LogP contribution in [0.1, 0.15) is 5.69 Å². The van der Waals surface area contributed by atoms with E-state index in [1.54, 1.807) is 18.2 Å². The first-order valence-electron chi connectivity index (χ1n) is 4.73. The van der Waals surface area contributed by atoms with Gasteiger partial charge in [-0.2, -0.15) is 0 Å². The van der Waals surface area contributed by atoms with Crippen LogP contribution in [0.2, 0.25) is 15.1 Å². The van der Waals surface area contributed by atoms with Crippen LogP contribution in [0.3, 0.4) is 0 Å². The lowest BCUT2D eigenvalue weighted by atomic mass is 10.1. The smallest absolute Gasteiger partial charge is 0.220 e. The zero-order valence-corrected chi connectivity index (χ0v) is 11.1. The Bertz CT molecular complexity index is 541. The molecule has 0 bridgehead atoms. The van der Waals surface area contributed by atoms with Crippen LogP contribution in [0.4, 0.5) is 5.95 Å². The SMILES string of the molecule is Cc1cc(-c2c(Cl)cc(Cl)cc2Cl)nc(N)n1. The highest BCUT2D eigenvalue weighted by Gasteiger charge is 2.12. The van der Waals surface area contributed by atoms with Crippen molar-refractivity contribution in [1.29, 1.82) is 0 Å². The molecule has 0 aliphatic rings. The van der Waals surface area contributed by atoms with E-state index in [4.69, 9.17) is 40.5 Å². The molecule has 0 fully saturated rings. The Morgan fingerprint density at radius 2 is 1.59 bits per heavy atom. The fourth-order valence-corrected chi connectivity index (χ4v) is 2.52. The van der Waals surface area contributed by atoms with Gasteiger partial charge in [-0.05, 0) is 25.1 Å². The molecule has 0 spiro atoms. The van der Waals surface area contributed by atoms with Crippen molar-refractivity contribution in [3.05, 3.63) is 39.0 Å². The van der Waals surface area contributed by atoms with Gasteiger partial charge in [-0.25, -0.2) is 9.97 Å². The minimum Gasteiger partial charge on any atom is -0.368 e. The molecule has 0 unspecified atom stereocenters. The summed E-state index contributed by atoms with van der Waals surface area (Å²) in [5, 5.41) is 1.34. The average Bonchev–Trinajstić information content (AvgIpc) is 2.13. The number of nitrogens with two attached hydrogens (primary N) is 1. The van der Waals surface area contributed by atoms with Gasteiger partial charge in [0, 0.05) is 16.3 Å². The van der Waals surface area contributed by atoms with Crippen LogP contribution in [0.5, 0.6) is 0 Å². The normalized spacial score (nSPS) is 10.6. The molecule has 0 saturated heterocycles. The molecule has 0 aliphatic heterocycles. The summed E-state index contributed by atoms with van der Waals surface area (Å²) in [5.74, 6) is 0.182. The van der Waals surface area contributed by atoms with Crippen molar-refractivity contribution in [1.82, 2.24) is 9.97 Å². The maximum atomic E-state index is 6.10. The van der Waals surface area contributed by atoms with Crippen molar-refractivity contribution in [2.75, 3.05) is 5.73 Å². The topological polar surface area (TPSA) is 51.8 Å². The summed E-state index contributed by atoms with van der Waals surface area (Å²) in [6.45, 7) is 1.82. The van der Waals surface area contributed by atoms with Gasteiger partial charge in [0.1, 0.15) is 0 Å². The molecule has 6 heteroatoms. The third-order valence-electron chi connectivity index (χ3n) is 2.13. The zero-order chi connectivity index (χ0) is 12.6. The van der Waals surface area contributed by atoms with Gasteiger partial charge in [0.15, 0.2) is 0 Å². The maximum absolute atomic E-state index is 6.10. The van der Waals surface area contributed by atoms with Crippen LogP contribution in [0.15, 0.2) is 18.2 Å². The Morgan fingerprint density at radius 1 is 1.00 bits per heavy atom. The standard InChI is InChI=1S/C11H8Cl3N3/c1-5-2-9(17-11(15)16-5)10-7(13)3-6(12)4-8(10)14/h2-4H,1H3,(H2,15,16,17). The Morgan fingerprint density at radius 3 is 2.12 bits per heavy atom. The van der Waals surface area contributed by atoms with E-state index < -0.39 is 0 Å². The lowest BCUT2D eigenvalue weighted by Gasteiger charge is -2.08. The summed E-state index contributed by atoms with van der Waals surface area (Å²) in [6, 6.07) is 4.98. The molecule has 88 valence electrons. The number of halogens is 3. The third kappa shape index (κ3) is 2.63. The first kappa shape index (κ1) is 12.4. The Kier molecular flexibility index (Phi) is 3.43. The van der Waals surface area contributed by atoms with Gasteiger partial charge in [0.05, 0.1) is 15.7 Å². The summed E-state index contributed by atoms with van der Waals surface area (Å²) >= 11 is 18.1. The van der Waals surface area contributed by atoms with Crippen LogP contribution in [0, 0.1) is 6.92 Å². The van der Waals surface area contributed by atoms with Gasteiger partial charge in [0.2, 0.25) is 5.95 Å². The van der Waals surface area contributed by atoms with E-state index in [9.17, 15) is 0 Å². The molecule has 1 heterocycles. The van der Waals surface area contributed by atoms with Gasteiger partial charge < -0.3 is 5.73 Å². The van der Waals surface area contributed by atoms with E-state index in [0.29, 0.717) is 26.3 Å². The van der Waals surface area contributed by atoms with Crippen LogP contribution in [-0.4, -0.2) is 9.97 Å². The Balaban J connectivity index is 2.68. The van der Waals surface area contributed by atoms with Gasteiger partial charge in [-0.3, -0.25) is 0 Å². The number of rotatable bonds is 1. The molecule has 0 amide bonds. The predicted octanol–water partition coefficient (Wildman–Crippen LogP) is 3.99. The summed E-state index contributed by atoms with van der Waals surface area (Å²) in [6.07, 6.45) is 0. The van der Waals surface area contributed by atoms with E-state index in [1.165, 1.54) is 0 Å². The molecule has 0 radical (unpaired) electrons. The molecule has 1 aromatic carbocycles. The van der Waals surface area contributed by atoms with Crippen molar-refractivity contribution in [3.8, 4) is 11.3 Å². The Labute approximate surface area is 114 Å². The van der Waals surface area contributed by atoms with Crippen molar-refractivity contribution < 1.29 is 0 Å². The van der Waals surface area contributed by atoms with Crippen LogP contribution in [0.25, 0.3) is 11.3 Å². The van der Waals surface area contributed by atoms with Crippen LogP contribution >= 0.6 is 34.8 Å². The van der Waals surface area contributed by atoms with Gasteiger partial charge in [0.25, 0.3) is 0 Å². The minimum absolute atomic E-state index is 0.182. The molecule has 0 atom stereocenters. The summed E-state index contributed by atoms with van der Waals surface area (Å²) in [4.78, 5) is 8.10. The second-order valence-electron chi connectivity index (χ2n) is 3.50. The highest BCUT2D eigenvalue weighted by atomic mass is 35.5. The molecule has 17 heavy (non-hydrogen) atoms. The number of anilines is 1. The second-order valence-corrected chi connectivity index (χ2v) is 4.75. The number of aryl methyl sites for hydroxylation is 1. The first-order valence-corrected chi connectivity index (χ1v) is 5.87. The highest BCUT2D eigenvalue weighted by molar-refractivity contribution is 6.41. The summed E-state index contributed by atoms with van der Waals surface area (Å²) in [5.41, 5.74) is 7.53. The average molecular weight is 289 g/mol. The molecule has 1 aromatic heterocycles. The van der Waals surface area contributed by atoms with Gasteiger partial charge >= 0.3 is 0 Å². The zero-order valence-electron chi connectivity index (χ0n) is 8.84. The number of benzene rings is 1.